The second kappa shape index (κ2) is 31.5. The van der Waals surface area contributed by atoms with Gasteiger partial charge in [0.05, 0.1) is 75.3 Å². The first kappa shape index (κ1) is 65.8. The van der Waals surface area contributed by atoms with Crippen LogP contribution in [0.15, 0.2) is 159 Å². The smallest absolute Gasteiger partial charge is 0.421 e. The Morgan fingerprint density at radius 3 is 1.50 bits per heavy atom. The van der Waals surface area contributed by atoms with E-state index in [1.54, 1.807) is 111 Å². The van der Waals surface area contributed by atoms with Crippen molar-refractivity contribution in [2.45, 2.75) is 34.3 Å². The fourth-order valence-corrected chi connectivity index (χ4v) is 11.5. The number of hydrogen-bond acceptors (Lipinski definition) is 18. The number of thiazole rings is 2. The lowest BCUT2D eigenvalue weighted by atomic mass is 9.11. The number of ether oxygens (including phenoxy) is 2. The number of methoxy groups -OCH3 is 2. The monoisotopic (exact) mass is 1500 g/mol. The highest BCUT2D eigenvalue weighted by Crippen LogP contribution is 2.34. The van der Waals surface area contributed by atoms with Crippen molar-refractivity contribution in [3.05, 3.63) is 194 Å². The Balaban J connectivity index is 0.000000170. The van der Waals surface area contributed by atoms with Crippen LogP contribution < -0.4 is 42.6 Å². The summed E-state index contributed by atoms with van der Waals surface area (Å²) in [4.78, 5) is 68.3. The van der Waals surface area contributed by atoms with Gasteiger partial charge in [0.15, 0.2) is 21.4 Å². The van der Waals surface area contributed by atoms with Gasteiger partial charge in [0.2, 0.25) is 24.5 Å². The molecule has 82 heavy (non-hydrogen) atoms. The summed E-state index contributed by atoms with van der Waals surface area (Å²) in [5, 5.41) is 10.0. The Morgan fingerprint density at radius 1 is 0.634 bits per heavy atom. The molecule has 0 aliphatic carbocycles. The number of pyridine rings is 4. The van der Waals surface area contributed by atoms with E-state index in [2.05, 4.69) is 115 Å². The van der Waals surface area contributed by atoms with E-state index in [0.29, 0.717) is 83.3 Å². The Kier molecular flexibility index (Phi) is 25.3. The molecule has 1 aliphatic rings. The summed E-state index contributed by atoms with van der Waals surface area (Å²) in [6, 6.07) is 14.1. The number of para-hydroxylation sites is 2. The highest BCUT2D eigenvalue weighted by molar-refractivity contribution is 9.11. The van der Waals surface area contributed by atoms with Crippen molar-refractivity contribution in [2.75, 3.05) is 25.3 Å². The van der Waals surface area contributed by atoms with Crippen LogP contribution in [0.25, 0.3) is 44.5 Å². The molecule has 11 rings (SSSR count). The number of hydrogen-bond donors (Lipinski definition) is 4. The zero-order valence-corrected chi connectivity index (χ0v) is 55.2. The summed E-state index contributed by atoms with van der Waals surface area (Å²) in [6.45, 7) is 10.3. The van der Waals surface area contributed by atoms with Crippen LogP contribution in [0.3, 0.4) is 0 Å². The molecule has 31 heteroatoms. The number of aromatic nitrogens is 6. The second-order valence-corrected chi connectivity index (χ2v) is 23.7. The third kappa shape index (κ3) is 18.3. The summed E-state index contributed by atoms with van der Waals surface area (Å²) < 4.78 is 34.7. The van der Waals surface area contributed by atoms with Gasteiger partial charge >= 0.3 is 18.4 Å². The molecular weight excluding hydrogens is 1460 g/mol. The standard InChI is InChI=1S/C19H14ClN3O3S.C12H7ClN2O2S.C7H8BrNO.2C5H3Br2NO.C3H9B4O2/c1-10-7-21-8-14(16(10)25-2)22-19-23-15(9-27-19)12-6-11-4-3-5-13(20)17(11)26-18(12)24;13-8-3-1-2-6-4-7(11(16)17-10(6)8)9-5-18-12(14)15-9;1-5-3-9-4-6(8)7(5)10-2;2*6-3-1-8-2-4(7)5(3)9;1-5-4-6(2)9-7(3)8-5/h3-9H,1-2H3,(H,22,23);1-5H,(H2,14,15);3-4H,1-2H3;2*1-2H,(H,8,9);1-3H3. The lowest BCUT2D eigenvalue weighted by Gasteiger charge is -2.24. The van der Waals surface area contributed by atoms with Gasteiger partial charge in [0.1, 0.15) is 24.2 Å². The maximum Gasteiger partial charge on any atom is 0.421 e. The van der Waals surface area contributed by atoms with Gasteiger partial charge in [0.25, 0.3) is 0 Å². The minimum atomic E-state index is -0.484. The molecule has 1 fully saturated rings. The van der Waals surface area contributed by atoms with Crippen LogP contribution >= 0.6 is 126 Å². The Labute approximate surface area is 530 Å². The number of fused-ring (bicyclic) bond motifs is 2. The quantitative estimate of drug-likeness (QED) is 0.0892. The van der Waals surface area contributed by atoms with E-state index < -0.39 is 11.3 Å². The maximum atomic E-state index is 12.4. The van der Waals surface area contributed by atoms with E-state index >= 15 is 0 Å². The van der Waals surface area contributed by atoms with E-state index in [4.69, 9.17) is 56.4 Å². The summed E-state index contributed by atoms with van der Waals surface area (Å²) in [5.41, 5.74) is 9.76. The number of halogens is 7. The van der Waals surface area contributed by atoms with Crippen molar-refractivity contribution >= 4 is 191 Å². The summed E-state index contributed by atoms with van der Waals surface area (Å²) in [5.74, 6) is 1.55. The third-order valence-electron chi connectivity index (χ3n) is 10.8. The molecule has 18 nitrogen and oxygen atoms in total. The molecule has 0 saturated carbocycles. The third-order valence-corrected chi connectivity index (χ3v) is 15.8. The van der Waals surface area contributed by atoms with Crippen LogP contribution in [0, 0.1) is 13.8 Å². The SMILES string of the molecule is CB1[B]B(C)OB(C)O1.COc1c(C)cncc1Br.COc1c(C)cncc1Nc1nc(-c2cc3cccc(Cl)c3oc2=O)cs1.Nc1nc(-c2cc3cccc(Cl)c3oc2=O)cs1.O=c1c(Br)c[nH]cc1Br.O=c1c(Br)c[nH]cc1Br. The number of anilines is 3. The summed E-state index contributed by atoms with van der Waals surface area (Å²) in [6.07, 6.45) is 13.2. The summed E-state index contributed by atoms with van der Waals surface area (Å²) in [7, 11) is 5.25. The zero-order chi connectivity index (χ0) is 59.8. The van der Waals surface area contributed by atoms with Crippen molar-refractivity contribution < 1.29 is 27.5 Å². The van der Waals surface area contributed by atoms with Gasteiger partial charge in [0, 0.05) is 76.0 Å². The fourth-order valence-electron chi connectivity index (χ4n) is 7.22. The van der Waals surface area contributed by atoms with Crippen LogP contribution in [-0.4, -0.2) is 71.9 Å². The largest absolute Gasteiger partial charge is 0.495 e. The van der Waals surface area contributed by atoms with E-state index in [9.17, 15) is 19.2 Å². The molecule has 421 valence electrons. The Hall–Kier alpha value is -5.32. The summed E-state index contributed by atoms with van der Waals surface area (Å²) >= 11 is 30.3. The first-order valence-corrected chi connectivity index (χ1v) is 30.3. The minimum Gasteiger partial charge on any atom is -0.495 e. The molecule has 2 aromatic carbocycles. The molecule has 5 N–H and O–H groups in total. The number of nitrogens with zero attached hydrogens (tertiary/aromatic N) is 4. The van der Waals surface area contributed by atoms with Crippen molar-refractivity contribution in [1.29, 1.82) is 0 Å². The molecular formula is C51H44B4Br5Cl2N8O10S2. The van der Waals surface area contributed by atoms with Gasteiger partial charge < -0.3 is 48.5 Å². The van der Waals surface area contributed by atoms with E-state index in [-0.39, 0.29) is 31.6 Å². The van der Waals surface area contributed by atoms with Crippen LogP contribution in [0.2, 0.25) is 30.5 Å². The average molecular weight is 1510 g/mol. The van der Waals surface area contributed by atoms with E-state index in [1.165, 1.54) is 22.7 Å². The normalized spacial score (nSPS) is 11.5. The molecule has 0 atom stereocenters. The first-order valence-electron chi connectivity index (χ1n) is 23.8. The van der Waals surface area contributed by atoms with E-state index in [1.807, 2.05) is 53.5 Å². The Bertz CT molecular complexity index is 3920. The predicted octanol–water partition coefficient (Wildman–Crippen LogP) is 14.2. The maximum absolute atomic E-state index is 12.4. The van der Waals surface area contributed by atoms with Crippen molar-refractivity contribution in [3.63, 3.8) is 0 Å². The van der Waals surface area contributed by atoms with Gasteiger partial charge in [-0.05, 0) is 125 Å². The number of aromatic amines is 2. The first-order chi connectivity index (χ1) is 39.1. The van der Waals surface area contributed by atoms with Gasteiger partial charge in [-0.1, -0.05) is 61.1 Å². The molecule has 8 aromatic heterocycles. The molecule has 0 unspecified atom stereocenters. The van der Waals surface area contributed by atoms with Crippen LogP contribution in [0.5, 0.6) is 11.5 Å². The lowest BCUT2D eigenvalue weighted by Crippen LogP contribution is -2.49. The van der Waals surface area contributed by atoms with E-state index in [0.717, 1.165) is 32.1 Å². The molecule has 1 saturated heterocycles. The number of nitrogens with one attached hydrogen (secondary N) is 3. The fraction of sp³-hybridized carbons (Fsp3) is 0.137. The molecule has 10 aromatic rings. The van der Waals surface area contributed by atoms with Gasteiger partial charge in [-0.3, -0.25) is 19.6 Å². The average Bonchev–Trinajstić information content (AvgIpc) is 4.25. The highest BCUT2D eigenvalue weighted by atomic mass is 79.9. The molecule has 0 spiro atoms. The number of nitrogen functional groups attached to an aromatic ring is 1. The Morgan fingerprint density at radius 2 is 1.09 bits per heavy atom. The van der Waals surface area contributed by atoms with Gasteiger partial charge in [-0.25, -0.2) is 19.6 Å². The van der Waals surface area contributed by atoms with Gasteiger partial charge in [-0.2, -0.15) is 0 Å². The number of H-pyrrole nitrogens is 2. The second-order valence-electron chi connectivity index (χ2n) is 16.9. The molecule has 1 radical (unpaired) electrons. The van der Waals surface area contributed by atoms with Crippen LogP contribution in [-0.2, 0) is 9.14 Å². The predicted molar refractivity (Wildman–Crippen MR) is 351 cm³/mol. The minimum absolute atomic E-state index is 0.0336. The number of rotatable bonds is 6. The van der Waals surface area contributed by atoms with Crippen molar-refractivity contribution in [2.24, 2.45) is 0 Å². The van der Waals surface area contributed by atoms with Crippen LogP contribution in [0.4, 0.5) is 16.0 Å². The lowest BCUT2D eigenvalue weighted by molar-refractivity contribution is 0.408. The molecule has 0 amide bonds. The van der Waals surface area contributed by atoms with Gasteiger partial charge in [-0.15, -0.1) is 22.7 Å². The number of benzene rings is 2. The zero-order valence-electron chi connectivity index (χ0n) is 44.1. The van der Waals surface area contributed by atoms with Crippen molar-refractivity contribution in [1.82, 2.24) is 29.9 Å². The molecule has 0 bridgehead atoms. The number of nitrogens with two attached hydrogens (primary N) is 1. The number of aryl methyl sites for hydroxylation is 2. The van der Waals surface area contributed by atoms with Crippen molar-refractivity contribution in [3.8, 4) is 34.0 Å². The molecule has 9 heterocycles. The van der Waals surface area contributed by atoms with Crippen LogP contribution in [0.1, 0.15) is 11.1 Å². The highest BCUT2D eigenvalue weighted by Gasteiger charge is 2.30. The topological polar surface area (TPSA) is 253 Å². The molecule has 1 aliphatic heterocycles.